The molecule has 20 heavy (non-hydrogen) atoms. The number of aromatic amines is 1. The maximum Gasteiger partial charge on any atom is 0.127 e. The SMILES string of the molecule is Cc1cn(Cc2nc3ccccc3[nH]2)c2ccccc12. The summed E-state index contributed by atoms with van der Waals surface area (Å²) in [6.07, 6.45) is 2.19. The van der Waals surface area contributed by atoms with E-state index < -0.39 is 0 Å². The number of nitrogens with zero attached hydrogens (tertiary/aromatic N) is 2. The second-order valence-corrected chi connectivity index (χ2v) is 5.16. The molecule has 2 aromatic heterocycles. The lowest BCUT2D eigenvalue weighted by atomic mass is 10.2. The largest absolute Gasteiger partial charge is 0.340 e. The zero-order valence-corrected chi connectivity index (χ0v) is 11.3. The first-order valence-electron chi connectivity index (χ1n) is 6.79. The number of nitrogens with one attached hydrogen (secondary N) is 1. The van der Waals surface area contributed by atoms with Gasteiger partial charge in [-0.05, 0) is 30.7 Å². The zero-order chi connectivity index (χ0) is 13.5. The fraction of sp³-hybridized carbons (Fsp3) is 0.118. The number of rotatable bonds is 2. The van der Waals surface area contributed by atoms with Crippen LogP contribution in [0.2, 0.25) is 0 Å². The molecule has 0 aliphatic rings. The third-order valence-electron chi connectivity index (χ3n) is 3.75. The van der Waals surface area contributed by atoms with Crippen LogP contribution in [0.5, 0.6) is 0 Å². The molecule has 98 valence electrons. The lowest BCUT2D eigenvalue weighted by molar-refractivity contribution is 0.788. The number of imidazole rings is 1. The molecule has 0 saturated heterocycles. The average molecular weight is 261 g/mol. The molecule has 4 rings (SSSR count). The molecule has 2 heterocycles. The lowest BCUT2D eigenvalue weighted by Crippen LogP contribution is -1.99. The standard InChI is InChI=1S/C17H15N3/c1-12-10-20(16-9-5-2-6-13(12)16)11-17-18-14-7-3-4-8-15(14)19-17/h2-10H,11H2,1H3,(H,18,19). The van der Waals surface area contributed by atoms with Crippen LogP contribution in [0, 0.1) is 6.92 Å². The van der Waals surface area contributed by atoms with Crippen molar-refractivity contribution >= 4 is 21.9 Å². The van der Waals surface area contributed by atoms with Crippen molar-refractivity contribution in [3.63, 3.8) is 0 Å². The zero-order valence-electron chi connectivity index (χ0n) is 11.3. The van der Waals surface area contributed by atoms with Crippen molar-refractivity contribution in [2.45, 2.75) is 13.5 Å². The summed E-state index contributed by atoms with van der Waals surface area (Å²) in [7, 11) is 0. The number of aromatic nitrogens is 3. The summed E-state index contributed by atoms with van der Waals surface area (Å²) in [4.78, 5) is 8.03. The smallest absolute Gasteiger partial charge is 0.127 e. The third-order valence-corrected chi connectivity index (χ3v) is 3.75. The number of H-pyrrole nitrogens is 1. The molecule has 0 fully saturated rings. The van der Waals surface area contributed by atoms with Crippen LogP contribution in [0.1, 0.15) is 11.4 Å². The number of hydrogen-bond donors (Lipinski definition) is 1. The summed E-state index contributed by atoms with van der Waals surface area (Å²) >= 11 is 0. The summed E-state index contributed by atoms with van der Waals surface area (Å²) in [5.74, 6) is 0.993. The van der Waals surface area contributed by atoms with Crippen LogP contribution in [-0.4, -0.2) is 14.5 Å². The summed E-state index contributed by atoms with van der Waals surface area (Å²) in [5, 5.41) is 1.31. The van der Waals surface area contributed by atoms with E-state index in [0.717, 1.165) is 23.4 Å². The first kappa shape index (κ1) is 11.3. The normalized spacial score (nSPS) is 11.4. The second-order valence-electron chi connectivity index (χ2n) is 5.16. The highest BCUT2D eigenvalue weighted by molar-refractivity contribution is 5.83. The number of para-hydroxylation sites is 3. The Bertz CT molecular complexity index is 866. The summed E-state index contributed by atoms with van der Waals surface area (Å²) < 4.78 is 2.25. The van der Waals surface area contributed by atoms with Crippen LogP contribution >= 0.6 is 0 Å². The molecule has 0 amide bonds. The molecule has 0 atom stereocenters. The molecule has 0 radical (unpaired) electrons. The Balaban J connectivity index is 1.80. The van der Waals surface area contributed by atoms with Crippen LogP contribution in [0.25, 0.3) is 21.9 Å². The van der Waals surface area contributed by atoms with Gasteiger partial charge < -0.3 is 9.55 Å². The molecule has 0 aliphatic heterocycles. The van der Waals surface area contributed by atoms with Gasteiger partial charge in [0.05, 0.1) is 17.6 Å². The van der Waals surface area contributed by atoms with Crippen LogP contribution in [0.15, 0.2) is 54.7 Å². The van der Waals surface area contributed by atoms with E-state index in [4.69, 9.17) is 0 Å². The van der Waals surface area contributed by atoms with Crippen LogP contribution in [0.3, 0.4) is 0 Å². The highest BCUT2D eigenvalue weighted by atomic mass is 15.0. The highest BCUT2D eigenvalue weighted by Crippen LogP contribution is 2.21. The maximum absolute atomic E-state index is 4.65. The molecule has 0 aliphatic carbocycles. The van der Waals surface area contributed by atoms with Crippen molar-refractivity contribution in [1.82, 2.24) is 14.5 Å². The molecule has 1 N–H and O–H groups in total. The van der Waals surface area contributed by atoms with Gasteiger partial charge in [-0.15, -0.1) is 0 Å². The van der Waals surface area contributed by atoms with Gasteiger partial charge in [-0.2, -0.15) is 0 Å². The molecule has 3 heteroatoms. The quantitative estimate of drug-likeness (QED) is 0.584. The van der Waals surface area contributed by atoms with Gasteiger partial charge in [0.25, 0.3) is 0 Å². The molecular weight excluding hydrogens is 246 g/mol. The monoisotopic (exact) mass is 261 g/mol. The number of hydrogen-bond acceptors (Lipinski definition) is 1. The molecular formula is C17H15N3. The molecule has 0 spiro atoms. The predicted octanol–water partition coefficient (Wildman–Crippen LogP) is 3.87. The molecule has 4 aromatic rings. The Kier molecular flexibility index (Phi) is 2.39. The highest BCUT2D eigenvalue weighted by Gasteiger charge is 2.07. The van der Waals surface area contributed by atoms with E-state index in [1.165, 1.54) is 16.5 Å². The van der Waals surface area contributed by atoms with Crippen molar-refractivity contribution in [2.24, 2.45) is 0 Å². The Morgan fingerprint density at radius 2 is 1.85 bits per heavy atom. The Hall–Kier alpha value is -2.55. The van der Waals surface area contributed by atoms with Gasteiger partial charge in [-0.1, -0.05) is 30.3 Å². The molecule has 2 aromatic carbocycles. The van der Waals surface area contributed by atoms with Gasteiger partial charge in [0.15, 0.2) is 0 Å². The summed E-state index contributed by atoms with van der Waals surface area (Å²) in [6.45, 7) is 2.92. The van der Waals surface area contributed by atoms with E-state index in [1.54, 1.807) is 0 Å². The minimum atomic E-state index is 0.767. The third kappa shape index (κ3) is 1.71. The first-order valence-corrected chi connectivity index (χ1v) is 6.79. The van der Waals surface area contributed by atoms with Crippen molar-refractivity contribution in [2.75, 3.05) is 0 Å². The fourth-order valence-electron chi connectivity index (χ4n) is 2.80. The van der Waals surface area contributed by atoms with Crippen LogP contribution < -0.4 is 0 Å². The summed E-state index contributed by atoms with van der Waals surface area (Å²) in [6, 6.07) is 16.6. The number of benzene rings is 2. The van der Waals surface area contributed by atoms with Gasteiger partial charge in [-0.25, -0.2) is 4.98 Å². The summed E-state index contributed by atoms with van der Waals surface area (Å²) in [5.41, 5.74) is 4.67. The van der Waals surface area contributed by atoms with E-state index in [-0.39, 0.29) is 0 Å². The molecule has 3 nitrogen and oxygen atoms in total. The van der Waals surface area contributed by atoms with Crippen LogP contribution in [0.4, 0.5) is 0 Å². The van der Waals surface area contributed by atoms with Crippen molar-refractivity contribution in [3.05, 3.63) is 66.1 Å². The predicted molar refractivity (Wildman–Crippen MR) is 81.9 cm³/mol. The average Bonchev–Trinajstić information content (AvgIpc) is 3.01. The molecule has 0 bridgehead atoms. The van der Waals surface area contributed by atoms with Crippen molar-refractivity contribution in [3.8, 4) is 0 Å². The molecule has 0 saturated carbocycles. The number of fused-ring (bicyclic) bond motifs is 2. The van der Waals surface area contributed by atoms with Gasteiger partial charge in [-0.3, -0.25) is 0 Å². The van der Waals surface area contributed by atoms with Gasteiger partial charge in [0.2, 0.25) is 0 Å². The topological polar surface area (TPSA) is 33.6 Å². The fourth-order valence-corrected chi connectivity index (χ4v) is 2.80. The van der Waals surface area contributed by atoms with E-state index in [9.17, 15) is 0 Å². The Morgan fingerprint density at radius 3 is 2.75 bits per heavy atom. The Labute approximate surface area is 116 Å². The lowest BCUT2D eigenvalue weighted by Gasteiger charge is -2.02. The minimum absolute atomic E-state index is 0.767. The Morgan fingerprint density at radius 1 is 1.05 bits per heavy atom. The second kappa shape index (κ2) is 4.23. The minimum Gasteiger partial charge on any atom is -0.340 e. The van der Waals surface area contributed by atoms with Crippen LogP contribution in [-0.2, 0) is 6.54 Å². The molecule has 0 unspecified atom stereocenters. The van der Waals surface area contributed by atoms with E-state index in [2.05, 4.69) is 58.0 Å². The van der Waals surface area contributed by atoms with E-state index in [1.807, 2.05) is 18.2 Å². The van der Waals surface area contributed by atoms with Gasteiger partial charge in [0, 0.05) is 17.1 Å². The van der Waals surface area contributed by atoms with Crippen molar-refractivity contribution in [1.29, 1.82) is 0 Å². The van der Waals surface area contributed by atoms with E-state index >= 15 is 0 Å². The number of aryl methyl sites for hydroxylation is 1. The van der Waals surface area contributed by atoms with Crippen molar-refractivity contribution < 1.29 is 0 Å². The van der Waals surface area contributed by atoms with Gasteiger partial charge in [0.1, 0.15) is 5.82 Å². The maximum atomic E-state index is 4.65. The van der Waals surface area contributed by atoms with Gasteiger partial charge >= 0.3 is 0 Å². The first-order chi connectivity index (χ1) is 9.81. The van der Waals surface area contributed by atoms with E-state index in [0.29, 0.717) is 0 Å².